The summed E-state index contributed by atoms with van der Waals surface area (Å²) in [7, 11) is 1.98. The Hall–Kier alpha value is -1.60. The number of rotatable bonds is 3. The van der Waals surface area contributed by atoms with E-state index in [0.717, 1.165) is 24.6 Å². The van der Waals surface area contributed by atoms with Crippen LogP contribution in [-0.4, -0.2) is 31.2 Å². The number of nitrogens with zero attached hydrogens (tertiary/aromatic N) is 3. The minimum Gasteiger partial charge on any atom is -0.352 e. The molecule has 0 saturated carbocycles. The first kappa shape index (κ1) is 12.8. The second kappa shape index (κ2) is 5.83. The summed E-state index contributed by atoms with van der Waals surface area (Å²) in [6, 6.07) is 6.44. The van der Waals surface area contributed by atoms with E-state index in [4.69, 9.17) is 5.26 Å². The van der Waals surface area contributed by atoms with Gasteiger partial charge in [0.15, 0.2) is 0 Å². The van der Waals surface area contributed by atoms with Crippen molar-refractivity contribution in [3.63, 3.8) is 0 Å². The van der Waals surface area contributed by atoms with Crippen LogP contribution < -0.4 is 10.2 Å². The van der Waals surface area contributed by atoms with E-state index >= 15 is 0 Å². The van der Waals surface area contributed by atoms with E-state index < -0.39 is 0 Å². The van der Waals surface area contributed by atoms with E-state index in [2.05, 4.69) is 21.3 Å². The van der Waals surface area contributed by atoms with Gasteiger partial charge < -0.3 is 10.2 Å². The zero-order chi connectivity index (χ0) is 13.0. The SMILES string of the molecule is CNCC1CCCCN1c1cc(C#N)cc(C)n1. The molecule has 2 heterocycles. The van der Waals surface area contributed by atoms with Crippen LogP contribution in [0.5, 0.6) is 0 Å². The van der Waals surface area contributed by atoms with Gasteiger partial charge in [-0.3, -0.25) is 0 Å². The highest BCUT2D eigenvalue weighted by Gasteiger charge is 2.23. The van der Waals surface area contributed by atoms with Gasteiger partial charge in [0.25, 0.3) is 0 Å². The van der Waals surface area contributed by atoms with Crippen LogP contribution >= 0.6 is 0 Å². The van der Waals surface area contributed by atoms with Gasteiger partial charge in [-0.05, 0) is 45.4 Å². The van der Waals surface area contributed by atoms with Gasteiger partial charge in [0.2, 0.25) is 0 Å². The minimum atomic E-state index is 0.490. The quantitative estimate of drug-likeness (QED) is 0.881. The molecule has 18 heavy (non-hydrogen) atoms. The van der Waals surface area contributed by atoms with Gasteiger partial charge in [-0.1, -0.05) is 0 Å². The number of aryl methyl sites for hydroxylation is 1. The van der Waals surface area contributed by atoms with Gasteiger partial charge in [-0.2, -0.15) is 5.26 Å². The summed E-state index contributed by atoms with van der Waals surface area (Å²) in [4.78, 5) is 6.93. The van der Waals surface area contributed by atoms with Gasteiger partial charge in [0.1, 0.15) is 5.82 Å². The van der Waals surface area contributed by atoms with Gasteiger partial charge in [0.05, 0.1) is 11.6 Å². The van der Waals surface area contributed by atoms with Crippen molar-refractivity contribution < 1.29 is 0 Å². The molecule has 4 nitrogen and oxygen atoms in total. The summed E-state index contributed by atoms with van der Waals surface area (Å²) in [5.74, 6) is 0.950. The summed E-state index contributed by atoms with van der Waals surface area (Å²) in [5, 5.41) is 12.3. The van der Waals surface area contributed by atoms with Gasteiger partial charge >= 0.3 is 0 Å². The fourth-order valence-corrected chi connectivity index (χ4v) is 2.61. The van der Waals surface area contributed by atoms with E-state index in [1.807, 2.05) is 26.1 Å². The molecule has 1 aromatic rings. The molecule has 1 N–H and O–H groups in total. The van der Waals surface area contributed by atoms with E-state index in [1.165, 1.54) is 19.3 Å². The van der Waals surface area contributed by atoms with Crippen molar-refractivity contribution in [2.75, 3.05) is 25.0 Å². The average Bonchev–Trinajstić information content (AvgIpc) is 2.39. The third kappa shape index (κ3) is 2.80. The van der Waals surface area contributed by atoms with Crippen LogP contribution in [0.4, 0.5) is 5.82 Å². The van der Waals surface area contributed by atoms with Gasteiger partial charge in [0, 0.05) is 24.8 Å². The highest BCUT2D eigenvalue weighted by atomic mass is 15.2. The molecule has 0 radical (unpaired) electrons. The zero-order valence-corrected chi connectivity index (χ0v) is 11.1. The number of hydrogen-bond acceptors (Lipinski definition) is 4. The second-order valence-corrected chi connectivity index (χ2v) is 4.87. The first-order valence-electron chi connectivity index (χ1n) is 6.54. The summed E-state index contributed by atoms with van der Waals surface area (Å²) in [6.07, 6.45) is 3.68. The molecule has 4 heteroatoms. The van der Waals surface area contributed by atoms with E-state index in [9.17, 15) is 0 Å². The number of hydrogen-bond donors (Lipinski definition) is 1. The normalized spacial score (nSPS) is 19.6. The molecule has 1 fully saturated rings. The molecular weight excluding hydrogens is 224 g/mol. The maximum absolute atomic E-state index is 9.05. The largest absolute Gasteiger partial charge is 0.352 e. The fourth-order valence-electron chi connectivity index (χ4n) is 2.61. The number of pyridine rings is 1. The standard InChI is InChI=1S/C14H20N4/c1-11-7-12(9-15)8-14(17-11)18-6-4-3-5-13(18)10-16-2/h7-8,13,16H,3-6,10H2,1-2H3. The molecule has 1 atom stereocenters. The van der Waals surface area contributed by atoms with Crippen LogP contribution in [0.25, 0.3) is 0 Å². The van der Waals surface area contributed by atoms with Crippen molar-refractivity contribution in [2.45, 2.75) is 32.2 Å². The second-order valence-electron chi connectivity index (χ2n) is 4.87. The Morgan fingerprint density at radius 2 is 2.33 bits per heavy atom. The van der Waals surface area contributed by atoms with Crippen molar-refractivity contribution in [3.05, 3.63) is 23.4 Å². The lowest BCUT2D eigenvalue weighted by molar-refractivity contribution is 0.443. The van der Waals surface area contributed by atoms with Gasteiger partial charge in [-0.25, -0.2) is 4.98 Å². The average molecular weight is 244 g/mol. The fraction of sp³-hybridized carbons (Fsp3) is 0.571. The molecule has 0 spiro atoms. The number of nitrogens with one attached hydrogen (secondary N) is 1. The molecule has 0 aromatic carbocycles. The maximum Gasteiger partial charge on any atom is 0.130 e. The van der Waals surface area contributed by atoms with Crippen LogP contribution in [0.2, 0.25) is 0 Å². The lowest BCUT2D eigenvalue weighted by Gasteiger charge is -2.36. The molecule has 2 rings (SSSR count). The van der Waals surface area contributed by atoms with Crippen LogP contribution in [-0.2, 0) is 0 Å². The summed E-state index contributed by atoms with van der Waals surface area (Å²) in [6.45, 7) is 3.95. The van der Waals surface area contributed by atoms with Crippen LogP contribution in [0, 0.1) is 18.3 Å². The summed E-state index contributed by atoms with van der Waals surface area (Å²) >= 11 is 0. The van der Waals surface area contributed by atoms with E-state index in [-0.39, 0.29) is 0 Å². The third-order valence-corrected chi connectivity index (χ3v) is 3.43. The van der Waals surface area contributed by atoms with Crippen molar-refractivity contribution in [1.82, 2.24) is 10.3 Å². The van der Waals surface area contributed by atoms with Crippen molar-refractivity contribution in [3.8, 4) is 6.07 Å². The highest BCUT2D eigenvalue weighted by Crippen LogP contribution is 2.24. The number of aromatic nitrogens is 1. The molecule has 1 saturated heterocycles. The van der Waals surface area contributed by atoms with Crippen molar-refractivity contribution in [1.29, 1.82) is 5.26 Å². The maximum atomic E-state index is 9.05. The molecule has 0 bridgehead atoms. The Balaban J connectivity index is 2.27. The minimum absolute atomic E-state index is 0.490. The summed E-state index contributed by atoms with van der Waals surface area (Å²) < 4.78 is 0. The lowest BCUT2D eigenvalue weighted by atomic mass is 10.0. The van der Waals surface area contributed by atoms with Gasteiger partial charge in [-0.15, -0.1) is 0 Å². The molecule has 96 valence electrons. The predicted molar refractivity (Wildman–Crippen MR) is 72.6 cm³/mol. The van der Waals surface area contributed by atoms with Crippen molar-refractivity contribution in [2.24, 2.45) is 0 Å². The Labute approximate surface area is 109 Å². The number of anilines is 1. The molecule has 1 aliphatic rings. The molecule has 1 aliphatic heterocycles. The monoisotopic (exact) mass is 244 g/mol. The Morgan fingerprint density at radius 3 is 3.06 bits per heavy atom. The van der Waals surface area contributed by atoms with Crippen LogP contribution in [0.1, 0.15) is 30.5 Å². The zero-order valence-electron chi connectivity index (χ0n) is 11.1. The first-order valence-corrected chi connectivity index (χ1v) is 6.54. The van der Waals surface area contributed by atoms with E-state index in [0.29, 0.717) is 11.6 Å². The molecular formula is C14H20N4. The highest BCUT2D eigenvalue weighted by molar-refractivity contribution is 5.47. The Bertz CT molecular complexity index is 448. The smallest absolute Gasteiger partial charge is 0.130 e. The number of nitriles is 1. The topological polar surface area (TPSA) is 52.0 Å². The van der Waals surface area contributed by atoms with Crippen molar-refractivity contribution >= 4 is 5.82 Å². The lowest BCUT2D eigenvalue weighted by Crippen LogP contribution is -2.45. The first-order chi connectivity index (χ1) is 8.74. The molecule has 0 amide bonds. The number of likely N-dealkylation sites (N-methyl/N-ethyl adjacent to an activating group) is 1. The third-order valence-electron chi connectivity index (χ3n) is 3.43. The summed E-state index contributed by atoms with van der Waals surface area (Å²) in [5.41, 5.74) is 1.61. The Morgan fingerprint density at radius 1 is 1.50 bits per heavy atom. The molecule has 0 aliphatic carbocycles. The Kier molecular flexibility index (Phi) is 4.16. The van der Waals surface area contributed by atoms with E-state index in [1.54, 1.807) is 0 Å². The van der Waals surface area contributed by atoms with Crippen LogP contribution in [0.15, 0.2) is 12.1 Å². The molecule has 1 aromatic heterocycles. The van der Waals surface area contributed by atoms with Crippen LogP contribution in [0.3, 0.4) is 0 Å². The number of piperidine rings is 1. The molecule has 1 unspecified atom stereocenters. The predicted octanol–water partition coefficient (Wildman–Crippen LogP) is 1.84.